The molecule has 0 aliphatic rings. The molecule has 1 aromatic carbocycles. The van der Waals surface area contributed by atoms with Crippen LogP contribution < -0.4 is 5.73 Å². The maximum absolute atomic E-state index is 11.8. The molecule has 0 atom stereocenters. The SMILES string of the molecule is Nc1cnnc(C(=O)c2ccccc2O)n1. The Bertz CT molecular complexity index is 542. The number of ketones is 1. The van der Waals surface area contributed by atoms with E-state index < -0.39 is 5.78 Å². The lowest BCUT2D eigenvalue weighted by Gasteiger charge is -2.01. The molecule has 2 rings (SSSR count). The van der Waals surface area contributed by atoms with E-state index in [0.717, 1.165) is 0 Å². The smallest absolute Gasteiger partial charge is 0.235 e. The van der Waals surface area contributed by atoms with Crippen LogP contribution in [-0.2, 0) is 0 Å². The molecule has 1 aromatic heterocycles. The van der Waals surface area contributed by atoms with Crippen LogP contribution in [0.1, 0.15) is 16.2 Å². The van der Waals surface area contributed by atoms with Gasteiger partial charge in [0.05, 0.1) is 11.8 Å². The fraction of sp³-hybridized carbons (Fsp3) is 0. The molecular formula is C10H8N4O2. The summed E-state index contributed by atoms with van der Waals surface area (Å²) in [4.78, 5) is 15.6. The number of hydrogen-bond donors (Lipinski definition) is 2. The van der Waals surface area contributed by atoms with Gasteiger partial charge in [-0.2, -0.15) is 5.10 Å². The average molecular weight is 216 g/mol. The van der Waals surface area contributed by atoms with Gasteiger partial charge in [-0.1, -0.05) is 12.1 Å². The molecule has 0 unspecified atom stereocenters. The van der Waals surface area contributed by atoms with Crippen LogP contribution in [0.25, 0.3) is 0 Å². The summed E-state index contributed by atoms with van der Waals surface area (Å²) in [5, 5.41) is 16.6. The second kappa shape index (κ2) is 3.93. The number of anilines is 1. The van der Waals surface area contributed by atoms with Crippen molar-refractivity contribution < 1.29 is 9.90 Å². The molecule has 0 saturated carbocycles. The maximum Gasteiger partial charge on any atom is 0.235 e. The molecule has 2 aromatic rings. The van der Waals surface area contributed by atoms with E-state index in [-0.39, 0.29) is 23.0 Å². The Morgan fingerprint density at radius 2 is 2.06 bits per heavy atom. The Labute approximate surface area is 90.8 Å². The Morgan fingerprint density at radius 1 is 1.31 bits per heavy atom. The summed E-state index contributed by atoms with van der Waals surface area (Å²) in [6, 6.07) is 6.13. The Morgan fingerprint density at radius 3 is 2.75 bits per heavy atom. The zero-order valence-corrected chi connectivity index (χ0v) is 8.16. The summed E-state index contributed by atoms with van der Waals surface area (Å²) in [6.07, 6.45) is 1.24. The van der Waals surface area contributed by atoms with Crippen LogP contribution in [0.5, 0.6) is 5.75 Å². The van der Waals surface area contributed by atoms with Crippen molar-refractivity contribution >= 4 is 11.6 Å². The third kappa shape index (κ3) is 1.81. The highest BCUT2D eigenvalue weighted by atomic mass is 16.3. The quantitative estimate of drug-likeness (QED) is 0.704. The number of benzene rings is 1. The van der Waals surface area contributed by atoms with E-state index in [1.807, 2.05) is 0 Å². The van der Waals surface area contributed by atoms with E-state index in [4.69, 9.17) is 5.73 Å². The molecule has 6 nitrogen and oxygen atoms in total. The maximum atomic E-state index is 11.8. The van der Waals surface area contributed by atoms with Gasteiger partial charge >= 0.3 is 0 Å². The van der Waals surface area contributed by atoms with Gasteiger partial charge in [-0.05, 0) is 12.1 Å². The molecule has 0 aliphatic carbocycles. The summed E-state index contributed by atoms with van der Waals surface area (Å²) < 4.78 is 0. The largest absolute Gasteiger partial charge is 0.507 e. The molecule has 0 fully saturated rings. The predicted octanol–water partition coefficient (Wildman–Crippen LogP) is 0.390. The highest BCUT2D eigenvalue weighted by molar-refractivity contribution is 6.08. The molecular weight excluding hydrogens is 208 g/mol. The predicted molar refractivity (Wildman–Crippen MR) is 55.8 cm³/mol. The minimum absolute atomic E-state index is 0.105. The number of carbonyl (C=O) groups is 1. The third-order valence-electron chi connectivity index (χ3n) is 1.93. The van der Waals surface area contributed by atoms with Crippen LogP contribution in [0, 0.1) is 0 Å². The number of nitrogen functional groups attached to an aromatic ring is 1. The summed E-state index contributed by atoms with van der Waals surface area (Å²) in [6.45, 7) is 0. The van der Waals surface area contributed by atoms with Gasteiger partial charge < -0.3 is 10.8 Å². The average Bonchev–Trinajstić information content (AvgIpc) is 2.29. The van der Waals surface area contributed by atoms with E-state index in [0.29, 0.717) is 0 Å². The number of rotatable bonds is 2. The fourth-order valence-corrected chi connectivity index (χ4v) is 1.20. The van der Waals surface area contributed by atoms with Crippen LogP contribution in [0.2, 0.25) is 0 Å². The van der Waals surface area contributed by atoms with Crippen molar-refractivity contribution in [1.29, 1.82) is 0 Å². The van der Waals surface area contributed by atoms with Crippen molar-refractivity contribution in [1.82, 2.24) is 15.2 Å². The van der Waals surface area contributed by atoms with Crippen molar-refractivity contribution in [3.63, 3.8) is 0 Å². The Balaban J connectivity index is 2.44. The van der Waals surface area contributed by atoms with Crippen molar-refractivity contribution in [3.8, 4) is 5.75 Å². The monoisotopic (exact) mass is 216 g/mol. The van der Waals surface area contributed by atoms with Crippen LogP contribution in [0.15, 0.2) is 30.5 Å². The Kier molecular flexibility index (Phi) is 2.47. The highest BCUT2D eigenvalue weighted by Gasteiger charge is 2.16. The topological polar surface area (TPSA) is 102 Å². The summed E-state index contributed by atoms with van der Waals surface area (Å²) in [5.74, 6) is -0.674. The number of hydrogen-bond acceptors (Lipinski definition) is 6. The third-order valence-corrected chi connectivity index (χ3v) is 1.93. The van der Waals surface area contributed by atoms with Crippen molar-refractivity contribution in [2.75, 3.05) is 5.73 Å². The molecule has 0 aliphatic heterocycles. The number of aromatic hydroxyl groups is 1. The number of para-hydroxylation sites is 1. The van der Waals surface area contributed by atoms with E-state index in [1.54, 1.807) is 12.1 Å². The first kappa shape index (κ1) is 10.0. The van der Waals surface area contributed by atoms with Crippen LogP contribution in [0.4, 0.5) is 5.82 Å². The first-order valence-corrected chi connectivity index (χ1v) is 4.46. The zero-order valence-electron chi connectivity index (χ0n) is 8.16. The van der Waals surface area contributed by atoms with E-state index in [2.05, 4.69) is 15.2 Å². The van der Waals surface area contributed by atoms with Gasteiger partial charge in [0.2, 0.25) is 11.6 Å². The van der Waals surface area contributed by atoms with Gasteiger partial charge in [0.1, 0.15) is 11.6 Å². The molecule has 0 radical (unpaired) electrons. The van der Waals surface area contributed by atoms with E-state index in [9.17, 15) is 9.90 Å². The molecule has 16 heavy (non-hydrogen) atoms. The van der Waals surface area contributed by atoms with Crippen molar-refractivity contribution in [3.05, 3.63) is 41.9 Å². The Hall–Kier alpha value is -2.50. The number of nitrogens with two attached hydrogens (primary N) is 1. The molecule has 80 valence electrons. The summed E-state index contributed by atoms with van der Waals surface area (Å²) in [5.41, 5.74) is 5.50. The minimum Gasteiger partial charge on any atom is -0.507 e. The number of phenols is 1. The van der Waals surface area contributed by atoms with Crippen molar-refractivity contribution in [2.45, 2.75) is 0 Å². The second-order valence-electron chi connectivity index (χ2n) is 3.05. The lowest BCUT2D eigenvalue weighted by atomic mass is 10.1. The van der Waals surface area contributed by atoms with Gasteiger partial charge in [-0.25, -0.2) is 4.98 Å². The molecule has 0 saturated heterocycles. The summed E-state index contributed by atoms with van der Waals surface area (Å²) in [7, 11) is 0. The lowest BCUT2D eigenvalue weighted by molar-refractivity contribution is 0.102. The minimum atomic E-state index is -0.516. The number of nitrogens with zero attached hydrogens (tertiary/aromatic N) is 3. The van der Waals surface area contributed by atoms with Crippen LogP contribution in [0.3, 0.4) is 0 Å². The van der Waals surface area contributed by atoms with Crippen molar-refractivity contribution in [2.24, 2.45) is 0 Å². The molecule has 6 heteroatoms. The number of carbonyl (C=O) groups excluding carboxylic acids is 1. The highest BCUT2D eigenvalue weighted by Crippen LogP contribution is 2.18. The molecule has 0 bridgehead atoms. The molecule has 0 amide bonds. The molecule has 3 N–H and O–H groups in total. The fourth-order valence-electron chi connectivity index (χ4n) is 1.20. The molecule has 0 spiro atoms. The first-order chi connectivity index (χ1) is 7.68. The zero-order chi connectivity index (χ0) is 11.5. The van der Waals surface area contributed by atoms with Gasteiger partial charge in [-0.15, -0.1) is 5.10 Å². The number of aromatic nitrogens is 3. The summed E-state index contributed by atoms with van der Waals surface area (Å²) >= 11 is 0. The van der Waals surface area contributed by atoms with Gasteiger partial charge in [0, 0.05) is 0 Å². The number of phenolic OH excluding ortho intramolecular Hbond substituents is 1. The normalized spacial score (nSPS) is 10.0. The second-order valence-corrected chi connectivity index (χ2v) is 3.05. The van der Waals surface area contributed by atoms with Crippen LogP contribution >= 0.6 is 0 Å². The standard InChI is InChI=1S/C10H8N4O2/c11-8-5-12-14-10(13-8)9(16)6-3-1-2-4-7(6)15/h1-5,15H,(H2,11,13,14). The van der Waals surface area contributed by atoms with Gasteiger partial charge in [0.15, 0.2) is 0 Å². The first-order valence-electron chi connectivity index (χ1n) is 4.46. The molecule has 1 heterocycles. The van der Waals surface area contributed by atoms with E-state index >= 15 is 0 Å². The van der Waals surface area contributed by atoms with Gasteiger partial charge in [0.25, 0.3) is 0 Å². The van der Waals surface area contributed by atoms with Gasteiger partial charge in [-0.3, -0.25) is 4.79 Å². The van der Waals surface area contributed by atoms with Crippen LogP contribution in [-0.4, -0.2) is 26.1 Å². The lowest BCUT2D eigenvalue weighted by Crippen LogP contribution is -2.10. The van der Waals surface area contributed by atoms with E-state index in [1.165, 1.54) is 18.3 Å².